The van der Waals surface area contributed by atoms with Crippen LogP contribution in [-0.2, 0) is 19.2 Å². The van der Waals surface area contributed by atoms with Gasteiger partial charge in [-0.25, -0.2) is 9.59 Å². The molecule has 0 radical (unpaired) electrons. The fourth-order valence-electron chi connectivity index (χ4n) is 5.39. The quantitative estimate of drug-likeness (QED) is 0.249. The molecule has 2 aliphatic rings. The first-order valence-corrected chi connectivity index (χ1v) is 15.8. The van der Waals surface area contributed by atoms with E-state index >= 15 is 0 Å². The highest BCUT2D eigenvalue weighted by Gasteiger charge is 2.58. The summed E-state index contributed by atoms with van der Waals surface area (Å²) in [5.74, 6) is -3.58. The number of carboxylic acids is 2. The maximum Gasteiger partial charge on any atom is 0.330 e. The lowest BCUT2D eigenvalue weighted by Crippen LogP contribution is -2.60. The van der Waals surface area contributed by atoms with Gasteiger partial charge in [0, 0.05) is 0 Å². The molecule has 0 saturated carbocycles. The molecule has 2 unspecified atom stereocenters. The van der Waals surface area contributed by atoms with Crippen LogP contribution in [0.1, 0.15) is 50.7 Å². The molecule has 4 amide bonds. The van der Waals surface area contributed by atoms with Gasteiger partial charge in [0.2, 0.25) is 0 Å². The minimum atomic E-state index is -2.16. The van der Waals surface area contributed by atoms with Crippen molar-refractivity contribution in [2.24, 2.45) is 0 Å². The minimum Gasteiger partial charge on any atom is -0.497 e. The van der Waals surface area contributed by atoms with Gasteiger partial charge in [0.15, 0.2) is 0 Å². The number of ether oxygens (including phenoxy) is 2. The summed E-state index contributed by atoms with van der Waals surface area (Å²) in [5.41, 5.74) is -3.18. The highest BCUT2D eigenvalue weighted by molar-refractivity contribution is 8.18. The second-order valence-corrected chi connectivity index (χ2v) is 12.4. The largest absolute Gasteiger partial charge is 0.497 e. The molecule has 46 heavy (non-hydrogen) atoms. The molecule has 0 aromatic heterocycles. The van der Waals surface area contributed by atoms with Crippen molar-refractivity contribution in [1.29, 1.82) is 0 Å². The third kappa shape index (κ3) is 6.27. The number of methoxy groups -OCH3 is 2. The number of thioether (sulfide) groups is 2. The van der Waals surface area contributed by atoms with Crippen LogP contribution in [0.5, 0.6) is 11.5 Å². The third-order valence-corrected chi connectivity index (χ3v) is 9.93. The van der Waals surface area contributed by atoms with Crippen LogP contribution >= 0.6 is 23.5 Å². The van der Waals surface area contributed by atoms with Crippen LogP contribution in [-0.4, -0.2) is 79.5 Å². The lowest BCUT2D eigenvalue weighted by Gasteiger charge is -2.40. The number of nitrogens with zero attached hydrogens (tertiary/aromatic N) is 2. The number of carbonyl (C=O) groups is 6. The minimum absolute atomic E-state index is 0.0103. The summed E-state index contributed by atoms with van der Waals surface area (Å²) in [6, 6.07) is 13.3. The molecule has 2 atom stereocenters. The number of amides is 4. The first kappa shape index (κ1) is 34.3. The van der Waals surface area contributed by atoms with Crippen molar-refractivity contribution in [2.45, 2.75) is 50.6 Å². The Labute approximate surface area is 273 Å². The second-order valence-electron chi connectivity index (χ2n) is 10.5. The molecule has 2 N–H and O–H groups in total. The number of imide groups is 2. The van der Waals surface area contributed by atoms with E-state index in [1.807, 2.05) is 0 Å². The van der Waals surface area contributed by atoms with E-state index in [2.05, 4.69) is 0 Å². The first-order chi connectivity index (χ1) is 21.9. The number of hydrogen-bond acceptors (Lipinski definition) is 10. The Balaban J connectivity index is 1.66. The van der Waals surface area contributed by atoms with Gasteiger partial charge < -0.3 is 19.7 Å². The van der Waals surface area contributed by atoms with Crippen molar-refractivity contribution in [1.82, 2.24) is 9.80 Å². The molecule has 2 aromatic carbocycles. The molecule has 14 heteroatoms. The van der Waals surface area contributed by atoms with Gasteiger partial charge in [0.1, 0.15) is 22.6 Å². The van der Waals surface area contributed by atoms with Gasteiger partial charge in [0.05, 0.1) is 24.0 Å². The van der Waals surface area contributed by atoms with Crippen LogP contribution in [0.2, 0.25) is 0 Å². The first-order valence-electron chi connectivity index (χ1n) is 14.2. The van der Waals surface area contributed by atoms with E-state index in [0.717, 1.165) is 0 Å². The van der Waals surface area contributed by atoms with Crippen molar-refractivity contribution in [2.75, 3.05) is 14.2 Å². The predicted octanol–water partition coefficient (Wildman–Crippen LogP) is 5.72. The third-order valence-electron chi connectivity index (χ3n) is 8.19. The molecule has 2 aromatic rings. The van der Waals surface area contributed by atoms with Gasteiger partial charge in [-0.1, -0.05) is 38.1 Å². The lowest BCUT2D eigenvalue weighted by molar-refractivity contribution is -0.159. The summed E-state index contributed by atoms with van der Waals surface area (Å²) in [6.45, 7) is 2.94. The zero-order valence-corrected chi connectivity index (χ0v) is 27.1. The zero-order valence-electron chi connectivity index (χ0n) is 25.5. The van der Waals surface area contributed by atoms with E-state index in [1.165, 1.54) is 40.2 Å². The normalized spacial score (nSPS) is 19.5. The van der Waals surface area contributed by atoms with E-state index in [0.29, 0.717) is 55.9 Å². The molecule has 2 saturated heterocycles. The molecule has 2 heterocycles. The van der Waals surface area contributed by atoms with Crippen LogP contribution in [0, 0.1) is 0 Å². The fraction of sp³-hybridized carbons (Fsp3) is 0.312. The Morgan fingerprint density at radius 2 is 1.00 bits per heavy atom. The fourth-order valence-corrected chi connectivity index (χ4v) is 7.21. The van der Waals surface area contributed by atoms with E-state index in [4.69, 9.17) is 9.47 Å². The van der Waals surface area contributed by atoms with Gasteiger partial charge in [-0.3, -0.25) is 29.0 Å². The highest BCUT2D eigenvalue weighted by atomic mass is 32.2. The number of carboxylic acid groups (broad SMARTS) is 2. The number of aliphatic carboxylic acids is 2. The Morgan fingerprint density at radius 3 is 1.26 bits per heavy atom. The maximum atomic E-state index is 13.6. The molecule has 12 nitrogen and oxygen atoms in total. The van der Waals surface area contributed by atoms with Gasteiger partial charge >= 0.3 is 11.9 Å². The standard InChI is InChI=1S/C32H32N2O10S2/c1-5-31(27(37)38,33-25(35)23(45-29(33)41)17-19-7-11-21(43-3)12-8-19)15-16-32(6-2,28(39)40)34-26(36)24(46-30(34)42)18-20-9-13-22(44-4)14-10-20/h7-14,17-18H,5-6,15-16H2,1-4H3,(H,37,38)(H,39,40)/b23-17-,24-18-. The number of hydrogen-bond donors (Lipinski definition) is 2. The van der Waals surface area contributed by atoms with Crippen LogP contribution < -0.4 is 9.47 Å². The Bertz CT molecular complexity index is 1520. The predicted molar refractivity (Wildman–Crippen MR) is 172 cm³/mol. The van der Waals surface area contributed by atoms with Crippen LogP contribution in [0.4, 0.5) is 9.59 Å². The van der Waals surface area contributed by atoms with Crippen molar-refractivity contribution in [3.63, 3.8) is 0 Å². The van der Waals surface area contributed by atoms with Crippen LogP contribution in [0.15, 0.2) is 58.3 Å². The monoisotopic (exact) mass is 668 g/mol. The van der Waals surface area contributed by atoms with E-state index < -0.39 is 58.2 Å². The lowest BCUT2D eigenvalue weighted by atomic mass is 9.80. The topological polar surface area (TPSA) is 168 Å². The van der Waals surface area contributed by atoms with Crippen molar-refractivity contribution in [3.8, 4) is 11.5 Å². The summed E-state index contributed by atoms with van der Waals surface area (Å²) in [5, 5.41) is 19.3. The Kier molecular flexibility index (Phi) is 10.3. The molecular weight excluding hydrogens is 636 g/mol. The molecule has 4 rings (SSSR count). The summed E-state index contributed by atoms with van der Waals surface area (Å²) in [4.78, 5) is 80.7. The summed E-state index contributed by atoms with van der Waals surface area (Å²) < 4.78 is 10.3. The number of benzene rings is 2. The van der Waals surface area contributed by atoms with Gasteiger partial charge in [-0.15, -0.1) is 0 Å². The average molecular weight is 669 g/mol. The molecule has 2 fully saturated rings. The Hall–Kier alpha value is -4.56. The van der Waals surface area contributed by atoms with Crippen LogP contribution in [0.3, 0.4) is 0 Å². The van der Waals surface area contributed by atoms with Crippen molar-refractivity contribution < 1.29 is 48.5 Å². The maximum absolute atomic E-state index is 13.6. The summed E-state index contributed by atoms with van der Waals surface area (Å²) in [7, 11) is 3.00. The molecule has 242 valence electrons. The summed E-state index contributed by atoms with van der Waals surface area (Å²) in [6.07, 6.45) is 1.33. The second kappa shape index (κ2) is 13.8. The van der Waals surface area contributed by atoms with Gasteiger partial charge in [0.25, 0.3) is 22.3 Å². The molecule has 0 aliphatic carbocycles. The SMILES string of the molecule is CCC(CCC(CC)(C(=O)O)N1C(=O)S/C(=C\c2ccc(OC)cc2)C1=O)(C(=O)O)N1C(=O)S/C(=C\c2ccc(OC)cc2)C1=O. The summed E-state index contributed by atoms with van der Waals surface area (Å²) >= 11 is 1.14. The number of carbonyl (C=O) groups excluding carboxylic acids is 4. The molecule has 2 aliphatic heterocycles. The van der Waals surface area contributed by atoms with Crippen molar-refractivity contribution >= 4 is 69.9 Å². The van der Waals surface area contributed by atoms with Gasteiger partial charge in [-0.05, 0) is 96.8 Å². The Morgan fingerprint density at radius 1 is 0.674 bits per heavy atom. The van der Waals surface area contributed by atoms with E-state index in [1.54, 1.807) is 48.5 Å². The zero-order chi connectivity index (χ0) is 33.8. The molecule has 0 bridgehead atoms. The van der Waals surface area contributed by atoms with E-state index in [-0.39, 0.29) is 22.7 Å². The van der Waals surface area contributed by atoms with Crippen molar-refractivity contribution in [3.05, 3.63) is 69.5 Å². The highest BCUT2D eigenvalue weighted by Crippen LogP contribution is 2.45. The molecular formula is C32H32N2O10S2. The van der Waals surface area contributed by atoms with Crippen LogP contribution in [0.25, 0.3) is 12.2 Å². The molecule has 0 spiro atoms. The smallest absolute Gasteiger partial charge is 0.330 e. The number of rotatable bonds is 13. The average Bonchev–Trinajstić information content (AvgIpc) is 3.48. The van der Waals surface area contributed by atoms with E-state index in [9.17, 15) is 39.0 Å². The van der Waals surface area contributed by atoms with Gasteiger partial charge in [-0.2, -0.15) is 0 Å².